The molecule has 2 rings (SSSR count). The van der Waals surface area contributed by atoms with Crippen molar-refractivity contribution in [3.8, 4) is 0 Å². The van der Waals surface area contributed by atoms with Gasteiger partial charge in [0.2, 0.25) is 0 Å². The van der Waals surface area contributed by atoms with Gasteiger partial charge in [0.25, 0.3) is 5.69 Å². The molecule has 0 bridgehead atoms. The van der Waals surface area contributed by atoms with Gasteiger partial charge in [0, 0.05) is 17.8 Å². The second-order valence-electron chi connectivity index (χ2n) is 4.10. The summed E-state index contributed by atoms with van der Waals surface area (Å²) in [6.07, 6.45) is 1.77. The molecule has 94 valence electrons. The van der Waals surface area contributed by atoms with Crippen LogP contribution in [0, 0.1) is 24.0 Å². The molecule has 2 N–H and O–H groups in total. The molecule has 0 aliphatic carbocycles. The van der Waals surface area contributed by atoms with Crippen LogP contribution in [0.15, 0.2) is 24.4 Å². The molecule has 0 aliphatic heterocycles. The van der Waals surface area contributed by atoms with E-state index in [9.17, 15) is 10.1 Å². The molecule has 0 aliphatic rings. The number of H-pyrrole nitrogens is 1. The Morgan fingerprint density at radius 3 is 2.78 bits per heavy atom. The number of aromatic nitrogens is 2. The molecule has 0 amide bonds. The average Bonchev–Trinajstić information content (AvgIpc) is 2.73. The molecule has 0 radical (unpaired) electrons. The van der Waals surface area contributed by atoms with Crippen molar-refractivity contribution >= 4 is 11.4 Å². The van der Waals surface area contributed by atoms with E-state index in [0.717, 1.165) is 22.8 Å². The van der Waals surface area contributed by atoms with E-state index in [1.54, 1.807) is 18.3 Å². The highest BCUT2D eigenvalue weighted by Crippen LogP contribution is 2.21. The third-order valence-electron chi connectivity index (χ3n) is 2.65. The van der Waals surface area contributed by atoms with Gasteiger partial charge in [-0.05, 0) is 25.5 Å². The number of hydrogen-bond donors (Lipinski definition) is 2. The van der Waals surface area contributed by atoms with E-state index in [1.165, 1.54) is 6.07 Å². The van der Waals surface area contributed by atoms with Crippen LogP contribution in [0.3, 0.4) is 0 Å². The largest absolute Gasteiger partial charge is 0.379 e. The van der Waals surface area contributed by atoms with Crippen LogP contribution in [0.4, 0.5) is 11.4 Å². The Labute approximate surface area is 104 Å². The molecule has 0 saturated heterocycles. The lowest BCUT2D eigenvalue weighted by Gasteiger charge is -2.07. The van der Waals surface area contributed by atoms with Gasteiger partial charge in [-0.3, -0.25) is 10.1 Å². The maximum atomic E-state index is 10.6. The van der Waals surface area contributed by atoms with Gasteiger partial charge in [0.05, 0.1) is 23.4 Å². The average molecular weight is 246 g/mol. The number of non-ortho nitro benzene ring substituents is 1. The fraction of sp³-hybridized carbons (Fsp3) is 0.250. The third-order valence-corrected chi connectivity index (χ3v) is 2.65. The molecule has 0 atom stereocenters. The molecule has 1 heterocycles. The van der Waals surface area contributed by atoms with Crippen molar-refractivity contribution in [2.75, 3.05) is 5.32 Å². The minimum Gasteiger partial charge on any atom is -0.379 e. The molecule has 1 aromatic carbocycles. The standard InChI is InChI=1S/C12H14N4O2/c1-8-5-11(16(17)18)3-4-12(8)14-7-10-6-13-9(2)15-10/h3-6,14H,7H2,1-2H3,(H,13,15). The lowest BCUT2D eigenvalue weighted by atomic mass is 10.2. The van der Waals surface area contributed by atoms with Crippen LogP contribution < -0.4 is 5.32 Å². The topological polar surface area (TPSA) is 83.8 Å². The number of benzene rings is 1. The number of hydrogen-bond acceptors (Lipinski definition) is 4. The van der Waals surface area contributed by atoms with Crippen LogP contribution in [-0.2, 0) is 6.54 Å². The van der Waals surface area contributed by atoms with Crippen molar-refractivity contribution in [2.24, 2.45) is 0 Å². The first kappa shape index (κ1) is 12.1. The predicted octanol–water partition coefficient (Wildman–Crippen LogP) is 2.55. The monoisotopic (exact) mass is 246 g/mol. The number of nitro groups is 1. The van der Waals surface area contributed by atoms with Gasteiger partial charge in [-0.2, -0.15) is 0 Å². The minimum absolute atomic E-state index is 0.107. The molecular formula is C12H14N4O2. The first-order valence-electron chi connectivity index (χ1n) is 5.55. The Morgan fingerprint density at radius 1 is 1.44 bits per heavy atom. The molecule has 0 fully saturated rings. The number of nitro benzene ring substituents is 1. The number of anilines is 1. The van der Waals surface area contributed by atoms with Crippen molar-refractivity contribution in [1.29, 1.82) is 0 Å². The Morgan fingerprint density at radius 2 is 2.22 bits per heavy atom. The highest BCUT2D eigenvalue weighted by molar-refractivity contribution is 5.55. The number of aromatic amines is 1. The summed E-state index contributed by atoms with van der Waals surface area (Å²) in [5, 5.41) is 13.8. The molecule has 18 heavy (non-hydrogen) atoms. The Bertz CT molecular complexity index is 577. The number of nitrogens with one attached hydrogen (secondary N) is 2. The zero-order valence-electron chi connectivity index (χ0n) is 10.2. The molecule has 0 saturated carbocycles. The van der Waals surface area contributed by atoms with Crippen LogP contribution in [0.25, 0.3) is 0 Å². The molecule has 0 spiro atoms. The van der Waals surface area contributed by atoms with E-state index in [4.69, 9.17) is 0 Å². The normalized spacial score (nSPS) is 10.3. The maximum absolute atomic E-state index is 10.6. The van der Waals surface area contributed by atoms with Gasteiger partial charge >= 0.3 is 0 Å². The van der Waals surface area contributed by atoms with Crippen molar-refractivity contribution < 1.29 is 4.92 Å². The molecule has 0 unspecified atom stereocenters. The quantitative estimate of drug-likeness (QED) is 0.641. The summed E-state index contributed by atoms with van der Waals surface area (Å²) in [5.74, 6) is 0.868. The minimum atomic E-state index is -0.394. The van der Waals surface area contributed by atoms with Gasteiger partial charge in [-0.25, -0.2) is 4.98 Å². The van der Waals surface area contributed by atoms with Crippen molar-refractivity contribution in [1.82, 2.24) is 9.97 Å². The SMILES string of the molecule is Cc1ncc(CNc2ccc([N+](=O)[O-])cc2C)[nH]1. The van der Waals surface area contributed by atoms with Crippen molar-refractivity contribution in [2.45, 2.75) is 20.4 Å². The first-order chi connectivity index (χ1) is 8.56. The Hall–Kier alpha value is -2.37. The van der Waals surface area contributed by atoms with E-state index < -0.39 is 4.92 Å². The van der Waals surface area contributed by atoms with Gasteiger partial charge in [-0.15, -0.1) is 0 Å². The van der Waals surface area contributed by atoms with Crippen LogP contribution in [0.2, 0.25) is 0 Å². The smallest absolute Gasteiger partial charge is 0.269 e. The van der Waals surface area contributed by atoms with E-state index in [2.05, 4.69) is 15.3 Å². The van der Waals surface area contributed by atoms with Gasteiger partial charge < -0.3 is 10.3 Å². The number of nitrogens with zero attached hydrogens (tertiary/aromatic N) is 2. The molecule has 6 nitrogen and oxygen atoms in total. The molecular weight excluding hydrogens is 232 g/mol. The summed E-state index contributed by atoms with van der Waals surface area (Å²) in [4.78, 5) is 17.4. The summed E-state index contributed by atoms with van der Waals surface area (Å²) >= 11 is 0. The second-order valence-corrected chi connectivity index (χ2v) is 4.10. The van der Waals surface area contributed by atoms with E-state index in [-0.39, 0.29) is 5.69 Å². The number of rotatable bonds is 4. The van der Waals surface area contributed by atoms with Crippen LogP contribution in [0.1, 0.15) is 17.1 Å². The van der Waals surface area contributed by atoms with Gasteiger partial charge in [-0.1, -0.05) is 0 Å². The summed E-state index contributed by atoms with van der Waals surface area (Å²) in [6.45, 7) is 4.34. The van der Waals surface area contributed by atoms with Crippen LogP contribution in [0.5, 0.6) is 0 Å². The van der Waals surface area contributed by atoms with Crippen molar-refractivity contribution in [3.05, 3.63) is 51.6 Å². The summed E-state index contributed by atoms with van der Waals surface area (Å²) in [6, 6.07) is 4.77. The Balaban J connectivity index is 2.08. The van der Waals surface area contributed by atoms with Crippen LogP contribution in [-0.4, -0.2) is 14.9 Å². The molecule has 2 aromatic rings. The summed E-state index contributed by atoms with van der Waals surface area (Å²) < 4.78 is 0. The number of imidazole rings is 1. The maximum Gasteiger partial charge on any atom is 0.269 e. The van der Waals surface area contributed by atoms with E-state index in [0.29, 0.717) is 6.54 Å². The first-order valence-corrected chi connectivity index (χ1v) is 5.55. The van der Waals surface area contributed by atoms with E-state index in [1.807, 2.05) is 13.8 Å². The molecule has 1 aromatic heterocycles. The fourth-order valence-electron chi connectivity index (χ4n) is 1.71. The predicted molar refractivity (Wildman–Crippen MR) is 68.5 cm³/mol. The highest BCUT2D eigenvalue weighted by atomic mass is 16.6. The van der Waals surface area contributed by atoms with Crippen LogP contribution >= 0.6 is 0 Å². The molecule has 6 heteroatoms. The second kappa shape index (κ2) is 4.87. The zero-order chi connectivity index (χ0) is 13.1. The third kappa shape index (κ3) is 2.65. The van der Waals surface area contributed by atoms with Gasteiger partial charge in [0.15, 0.2) is 0 Å². The lowest BCUT2D eigenvalue weighted by molar-refractivity contribution is -0.384. The Kier molecular flexibility index (Phi) is 3.27. The van der Waals surface area contributed by atoms with E-state index >= 15 is 0 Å². The zero-order valence-corrected chi connectivity index (χ0v) is 10.2. The lowest BCUT2D eigenvalue weighted by Crippen LogP contribution is -2.02. The fourth-order valence-corrected chi connectivity index (χ4v) is 1.71. The summed E-state index contributed by atoms with van der Waals surface area (Å²) in [7, 11) is 0. The number of aryl methyl sites for hydroxylation is 2. The highest BCUT2D eigenvalue weighted by Gasteiger charge is 2.07. The van der Waals surface area contributed by atoms with Gasteiger partial charge in [0.1, 0.15) is 5.82 Å². The van der Waals surface area contributed by atoms with Crippen molar-refractivity contribution in [3.63, 3.8) is 0 Å². The summed E-state index contributed by atoms with van der Waals surface area (Å²) in [5.41, 5.74) is 2.81.